The Bertz CT molecular complexity index is 482. The normalized spacial score (nSPS) is 10.4. The van der Waals surface area contributed by atoms with Gasteiger partial charge in [0.1, 0.15) is 24.1 Å². The summed E-state index contributed by atoms with van der Waals surface area (Å²) >= 11 is 0. The average molecular weight is 528 g/mol. The number of Topliss-reactive ketones (excluding diaryl/α,β-unsaturated/α-hetero) is 2. The van der Waals surface area contributed by atoms with Gasteiger partial charge >= 0.3 is 0 Å². The lowest BCUT2D eigenvalue weighted by atomic mass is 10.1. The van der Waals surface area contributed by atoms with Gasteiger partial charge in [-0.05, 0) is 27.4 Å². The Balaban J connectivity index is -0.0000000404. The van der Waals surface area contributed by atoms with Crippen LogP contribution in [0.3, 0.4) is 0 Å². The fourth-order valence-electron chi connectivity index (χ4n) is 2.46. The van der Waals surface area contributed by atoms with E-state index >= 15 is 0 Å². The third kappa shape index (κ3) is 39.3. The summed E-state index contributed by atoms with van der Waals surface area (Å²) in [4.78, 5) is 54.1. The number of aldehydes is 2. The van der Waals surface area contributed by atoms with Crippen LogP contribution in [0.2, 0.25) is 0 Å². The highest BCUT2D eigenvalue weighted by Gasteiger charge is 2.16. The molecule has 8 nitrogen and oxygen atoms in total. The number of carbonyl (C=O) groups excluding carboxylic acids is 5. The largest absolute Gasteiger partial charge is 0.352 e. The van der Waals surface area contributed by atoms with Crippen LogP contribution in [0.25, 0.3) is 0 Å². The second-order valence-corrected chi connectivity index (χ2v) is 6.66. The zero-order valence-electron chi connectivity index (χ0n) is 17.9. The van der Waals surface area contributed by atoms with Gasteiger partial charge in [-0.3, -0.25) is 14.4 Å². The first-order chi connectivity index (χ1) is 13.3. The van der Waals surface area contributed by atoms with E-state index in [4.69, 9.17) is 0 Å². The van der Waals surface area contributed by atoms with Crippen LogP contribution in [0, 0.1) is 0 Å². The molecule has 0 bridgehead atoms. The molecule has 0 aromatic carbocycles. The van der Waals surface area contributed by atoms with Gasteiger partial charge in [-0.2, -0.15) is 0 Å². The summed E-state index contributed by atoms with van der Waals surface area (Å²) < 4.78 is 0. The number of amides is 1. The molecule has 0 fully saturated rings. The highest BCUT2D eigenvalue weighted by atomic mass is 16.2. The maximum absolute atomic E-state index is 11.7. The molecule has 0 saturated carbocycles. The number of ketones is 2. The molecule has 3 atom stereocenters. The minimum absolute atomic E-state index is 0. The van der Waals surface area contributed by atoms with Gasteiger partial charge in [-0.1, -0.05) is 73.3 Å². The van der Waals surface area contributed by atoms with E-state index in [1.54, 1.807) is 14.1 Å². The van der Waals surface area contributed by atoms with Gasteiger partial charge in [0.2, 0.25) is 5.91 Å². The van der Waals surface area contributed by atoms with Crippen molar-refractivity contribution in [2.45, 2.75) is 143 Å². The fourth-order valence-corrected chi connectivity index (χ4v) is 2.46. The SMILES string of the molecule is C.C.C.C.C.C.C.C.CCC(=O)CC(CC=O)NC.CCC(CC(=O)NC(CC=O)CC(C)=O)NC. The van der Waals surface area contributed by atoms with Crippen molar-refractivity contribution in [3.05, 3.63) is 0 Å². The molecule has 1 amide bonds. The average Bonchev–Trinajstić information content (AvgIpc) is 2.65. The Hall–Kier alpha value is -1.93. The highest BCUT2D eigenvalue weighted by molar-refractivity contribution is 5.80. The van der Waals surface area contributed by atoms with E-state index in [2.05, 4.69) is 16.0 Å². The van der Waals surface area contributed by atoms with Gasteiger partial charge in [0.25, 0.3) is 0 Å². The van der Waals surface area contributed by atoms with Gasteiger partial charge in [-0.25, -0.2) is 0 Å². The molecule has 0 heterocycles. The fraction of sp³-hybridized carbons (Fsp3) is 0.821. The van der Waals surface area contributed by atoms with Crippen LogP contribution in [0.4, 0.5) is 0 Å². The standard InChI is InChI=1S/C12H22N2O3.C8H15NO2.8CH4/c1-4-10(13-3)8-12(17)14-11(5-6-15)7-9(2)16;1-3-8(11)6-7(9-2)4-5-10;;;;;;;;/h6,10-11,13H,4-5,7-8H2,1-3H3,(H,14,17);5,7,9H,3-4,6H2,1-2H3;8*1H4. The molecule has 3 N–H and O–H groups in total. The molecule has 3 unspecified atom stereocenters. The number of carbonyl (C=O) groups is 5. The summed E-state index contributed by atoms with van der Waals surface area (Å²) in [6.07, 6.45) is 4.61. The maximum atomic E-state index is 11.7. The molecular weight excluding hydrogens is 458 g/mol. The summed E-state index contributed by atoms with van der Waals surface area (Å²) in [6, 6.07) is -0.212. The van der Waals surface area contributed by atoms with Gasteiger partial charge in [0.05, 0.1) is 0 Å². The molecular formula is C28H69N3O5. The second kappa shape index (κ2) is 43.2. The van der Waals surface area contributed by atoms with Gasteiger partial charge in [-0.15, -0.1) is 0 Å². The van der Waals surface area contributed by atoms with Crippen molar-refractivity contribution in [3.8, 4) is 0 Å². The first-order valence-electron chi connectivity index (χ1n) is 9.79. The van der Waals surface area contributed by atoms with Crippen LogP contribution in [0.15, 0.2) is 0 Å². The molecule has 0 rings (SSSR count). The minimum atomic E-state index is -0.369. The summed E-state index contributed by atoms with van der Waals surface area (Å²) in [7, 11) is 3.57. The Morgan fingerprint density at radius 2 is 1.08 bits per heavy atom. The predicted molar refractivity (Wildman–Crippen MR) is 163 cm³/mol. The quantitative estimate of drug-likeness (QED) is 0.222. The van der Waals surface area contributed by atoms with Crippen molar-refractivity contribution >= 4 is 30.0 Å². The van der Waals surface area contributed by atoms with Crippen LogP contribution in [0.1, 0.15) is 125 Å². The van der Waals surface area contributed by atoms with E-state index < -0.39 is 0 Å². The summed E-state index contributed by atoms with van der Waals surface area (Å²) in [5, 5.41) is 8.66. The van der Waals surface area contributed by atoms with E-state index in [0.717, 1.165) is 19.0 Å². The lowest BCUT2D eigenvalue weighted by Gasteiger charge is -2.18. The first kappa shape index (κ1) is 64.3. The van der Waals surface area contributed by atoms with Gasteiger partial charge < -0.3 is 25.5 Å². The van der Waals surface area contributed by atoms with E-state index in [-0.39, 0.29) is 108 Å². The van der Waals surface area contributed by atoms with Gasteiger partial charge in [0.15, 0.2) is 0 Å². The molecule has 0 radical (unpaired) electrons. The van der Waals surface area contributed by atoms with Crippen LogP contribution in [-0.4, -0.2) is 62.3 Å². The van der Waals surface area contributed by atoms with E-state index in [0.29, 0.717) is 25.7 Å². The van der Waals surface area contributed by atoms with Crippen molar-refractivity contribution < 1.29 is 24.0 Å². The van der Waals surface area contributed by atoms with E-state index in [9.17, 15) is 24.0 Å². The molecule has 0 spiro atoms. The molecule has 8 heteroatoms. The molecule has 0 aliphatic rings. The van der Waals surface area contributed by atoms with Crippen LogP contribution < -0.4 is 16.0 Å². The van der Waals surface area contributed by atoms with E-state index in [1.165, 1.54) is 6.92 Å². The molecule has 226 valence electrons. The number of hydrogen-bond donors (Lipinski definition) is 3. The zero-order valence-corrected chi connectivity index (χ0v) is 17.9. The summed E-state index contributed by atoms with van der Waals surface area (Å²) in [6.45, 7) is 5.27. The van der Waals surface area contributed by atoms with Crippen molar-refractivity contribution in [1.29, 1.82) is 0 Å². The molecule has 0 aliphatic heterocycles. The lowest BCUT2D eigenvalue weighted by molar-refractivity contribution is -0.123. The van der Waals surface area contributed by atoms with Gasteiger partial charge in [0, 0.05) is 56.7 Å². The van der Waals surface area contributed by atoms with Crippen LogP contribution in [0.5, 0.6) is 0 Å². The Kier molecular flexibility index (Phi) is 77.1. The van der Waals surface area contributed by atoms with Crippen LogP contribution >= 0.6 is 0 Å². The highest BCUT2D eigenvalue weighted by Crippen LogP contribution is 2.01. The predicted octanol–water partition coefficient (Wildman–Crippen LogP) is 6.05. The smallest absolute Gasteiger partial charge is 0.221 e. The number of hydrogen-bond acceptors (Lipinski definition) is 7. The molecule has 0 saturated heterocycles. The second-order valence-electron chi connectivity index (χ2n) is 6.66. The summed E-state index contributed by atoms with van der Waals surface area (Å²) in [5.74, 6) is 0.0447. The monoisotopic (exact) mass is 528 g/mol. The summed E-state index contributed by atoms with van der Waals surface area (Å²) in [5.41, 5.74) is 0. The van der Waals surface area contributed by atoms with Crippen molar-refractivity contribution in [2.24, 2.45) is 0 Å². The van der Waals surface area contributed by atoms with Crippen molar-refractivity contribution in [1.82, 2.24) is 16.0 Å². The first-order valence-corrected chi connectivity index (χ1v) is 9.79. The molecule has 36 heavy (non-hydrogen) atoms. The van der Waals surface area contributed by atoms with E-state index in [1.807, 2.05) is 13.8 Å². The Morgan fingerprint density at radius 3 is 1.39 bits per heavy atom. The van der Waals surface area contributed by atoms with Crippen LogP contribution in [-0.2, 0) is 24.0 Å². The molecule has 0 aromatic heterocycles. The molecule has 0 aliphatic carbocycles. The third-order valence-corrected chi connectivity index (χ3v) is 4.27. The number of nitrogens with one attached hydrogen (secondary N) is 3. The Morgan fingerprint density at radius 1 is 0.667 bits per heavy atom. The number of rotatable bonds is 15. The minimum Gasteiger partial charge on any atom is -0.352 e. The van der Waals surface area contributed by atoms with Crippen molar-refractivity contribution in [3.63, 3.8) is 0 Å². The Labute approximate surface area is 227 Å². The third-order valence-electron chi connectivity index (χ3n) is 4.27. The topological polar surface area (TPSA) is 121 Å². The van der Waals surface area contributed by atoms with Crippen molar-refractivity contribution in [2.75, 3.05) is 14.1 Å². The zero-order chi connectivity index (χ0) is 21.9. The molecule has 0 aromatic rings. The lowest BCUT2D eigenvalue weighted by Crippen LogP contribution is -2.40. The maximum Gasteiger partial charge on any atom is 0.221 e.